The zero-order valence-electron chi connectivity index (χ0n) is 13.1. The van der Waals surface area contributed by atoms with E-state index in [0.717, 1.165) is 12.8 Å². The molecule has 1 aliphatic rings. The smallest absolute Gasteiger partial charge is 0.243 e. The van der Waals surface area contributed by atoms with E-state index in [4.69, 9.17) is 0 Å². The molecule has 0 spiro atoms. The number of nitrogens with zero attached hydrogens (tertiary/aromatic N) is 1. The summed E-state index contributed by atoms with van der Waals surface area (Å²) in [4.78, 5) is 12.1. The van der Waals surface area contributed by atoms with Gasteiger partial charge in [-0.3, -0.25) is 4.79 Å². The van der Waals surface area contributed by atoms with Crippen LogP contribution in [0.15, 0.2) is 23.1 Å². The van der Waals surface area contributed by atoms with Gasteiger partial charge in [-0.05, 0) is 31.0 Å². The topological polar surface area (TPSA) is 86.7 Å². The molecule has 1 aromatic rings. The maximum Gasteiger partial charge on any atom is 0.243 e. The fourth-order valence-corrected chi connectivity index (χ4v) is 3.66. The van der Waals surface area contributed by atoms with Gasteiger partial charge >= 0.3 is 0 Å². The molecule has 122 valence electrons. The van der Waals surface area contributed by atoms with Crippen LogP contribution >= 0.6 is 0 Å². The first kappa shape index (κ1) is 16.8. The standard InChI is InChI=1S/C15H22N2O4S/c1-4-17(5-2)22(20,21)11-6-7-13(18)12(10-11)16-14(19)15(3)8-9-15/h6-7,10,18H,4-5,8-9H2,1-3H3,(H,16,19). The van der Waals surface area contributed by atoms with Crippen LogP contribution in [0.5, 0.6) is 5.75 Å². The highest BCUT2D eigenvalue weighted by atomic mass is 32.2. The highest BCUT2D eigenvalue weighted by Gasteiger charge is 2.45. The summed E-state index contributed by atoms with van der Waals surface area (Å²) in [5.41, 5.74) is -0.272. The minimum absolute atomic E-state index is 0.0604. The fourth-order valence-electron chi connectivity index (χ4n) is 2.18. The lowest BCUT2D eigenvalue weighted by Crippen LogP contribution is -2.30. The molecular weight excluding hydrogens is 304 g/mol. The number of benzene rings is 1. The van der Waals surface area contributed by atoms with Crippen molar-refractivity contribution in [2.24, 2.45) is 5.41 Å². The van der Waals surface area contributed by atoms with Crippen molar-refractivity contribution in [3.63, 3.8) is 0 Å². The van der Waals surface area contributed by atoms with Crippen LogP contribution < -0.4 is 5.32 Å². The average molecular weight is 326 g/mol. The lowest BCUT2D eigenvalue weighted by atomic mass is 10.1. The summed E-state index contributed by atoms with van der Waals surface area (Å²) in [7, 11) is -3.63. The second-order valence-electron chi connectivity index (χ2n) is 5.78. The van der Waals surface area contributed by atoms with Gasteiger partial charge in [-0.15, -0.1) is 0 Å². The Bertz CT molecular complexity index is 677. The normalized spacial score (nSPS) is 16.5. The van der Waals surface area contributed by atoms with Gasteiger partial charge in [-0.1, -0.05) is 20.8 Å². The Morgan fingerprint density at radius 1 is 1.32 bits per heavy atom. The van der Waals surface area contributed by atoms with E-state index in [0.29, 0.717) is 13.1 Å². The monoisotopic (exact) mass is 326 g/mol. The number of phenols is 1. The summed E-state index contributed by atoms with van der Waals surface area (Å²) >= 11 is 0. The van der Waals surface area contributed by atoms with Gasteiger partial charge in [-0.2, -0.15) is 4.31 Å². The molecule has 0 unspecified atom stereocenters. The quantitative estimate of drug-likeness (QED) is 0.784. The van der Waals surface area contributed by atoms with Crippen LogP contribution in [0.1, 0.15) is 33.6 Å². The van der Waals surface area contributed by atoms with E-state index in [1.807, 2.05) is 6.92 Å². The lowest BCUT2D eigenvalue weighted by Gasteiger charge is -2.19. The zero-order valence-corrected chi connectivity index (χ0v) is 13.9. The van der Waals surface area contributed by atoms with Crippen LogP contribution in [0.3, 0.4) is 0 Å². The third-order valence-electron chi connectivity index (χ3n) is 4.11. The van der Waals surface area contributed by atoms with Crippen molar-refractivity contribution in [1.29, 1.82) is 0 Å². The summed E-state index contributed by atoms with van der Waals surface area (Å²) in [5.74, 6) is -0.337. The van der Waals surface area contributed by atoms with E-state index < -0.39 is 15.4 Å². The molecule has 2 rings (SSSR count). The van der Waals surface area contributed by atoms with Gasteiger partial charge in [0.15, 0.2) is 0 Å². The number of carbonyl (C=O) groups excluding carboxylic acids is 1. The minimum Gasteiger partial charge on any atom is -0.506 e. The minimum atomic E-state index is -3.63. The second kappa shape index (κ2) is 5.89. The first-order chi connectivity index (χ1) is 10.2. The Morgan fingerprint density at radius 2 is 1.91 bits per heavy atom. The van der Waals surface area contributed by atoms with Gasteiger partial charge in [0, 0.05) is 18.5 Å². The predicted molar refractivity (Wildman–Crippen MR) is 84.2 cm³/mol. The number of sulfonamides is 1. The number of rotatable bonds is 6. The van der Waals surface area contributed by atoms with E-state index in [1.165, 1.54) is 22.5 Å². The zero-order chi connectivity index (χ0) is 16.5. The maximum absolute atomic E-state index is 12.5. The Morgan fingerprint density at radius 3 is 2.41 bits per heavy atom. The molecule has 2 N–H and O–H groups in total. The van der Waals surface area contributed by atoms with Gasteiger partial charge in [0.2, 0.25) is 15.9 Å². The van der Waals surface area contributed by atoms with Crippen molar-refractivity contribution >= 4 is 21.6 Å². The Balaban J connectivity index is 2.32. The SMILES string of the molecule is CCN(CC)S(=O)(=O)c1ccc(O)c(NC(=O)C2(C)CC2)c1. The fraction of sp³-hybridized carbons (Fsp3) is 0.533. The van der Waals surface area contributed by atoms with Gasteiger partial charge in [0.05, 0.1) is 10.6 Å². The number of phenolic OH excluding ortho intramolecular Hbond substituents is 1. The number of carbonyl (C=O) groups is 1. The number of hydrogen-bond donors (Lipinski definition) is 2. The average Bonchev–Trinajstić information content (AvgIpc) is 3.21. The molecule has 0 heterocycles. The van der Waals surface area contributed by atoms with Crippen LogP contribution in [-0.2, 0) is 14.8 Å². The van der Waals surface area contributed by atoms with E-state index in [2.05, 4.69) is 5.32 Å². The molecule has 1 amide bonds. The number of anilines is 1. The summed E-state index contributed by atoms with van der Waals surface area (Å²) in [5, 5.41) is 12.5. The lowest BCUT2D eigenvalue weighted by molar-refractivity contribution is -0.120. The molecule has 0 atom stereocenters. The molecular formula is C15H22N2O4S. The highest BCUT2D eigenvalue weighted by molar-refractivity contribution is 7.89. The van der Waals surface area contributed by atoms with Gasteiger partial charge in [-0.25, -0.2) is 8.42 Å². The molecule has 1 fully saturated rings. The van der Waals surface area contributed by atoms with Crippen molar-refractivity contribution in [3.05, 3.63) is 18.2 Å². The van der Waals surface area contributed by atoms with Gasteiger partial charge in [0.1, 0.15) is 5.75 Å². The van der Waals surface area contributed by atoms with Crippen molar-refractivity contribution in [1.82, 2.24) is 4.31 Å². The Labute approximate surface area is 131 Å². The van der Waals surface area contributed by atoms with Crippen LogP contribution in [0, 0.1) is 5.41 Å². The van der Waals surface area contributed by atoms with Crippen molar-refractivity contribution in [2.75, 3.05) is 18.4 Å². The molecule has 6 nitrogen and oxygen atoms in total. The van der Waals surface area contributed by atoms with E-state index >= 15 is 0 Å². The molecule has 22 heavy (non-hydrogen) atoms. The van der Waals surface area contributed by atoms with Gasteiger partial charge < -0.3 is 10.4 Å². The van der Waals surface area contributed by atoms with Gasteiger partial charge in [0.25, 0.3) is 0 Å². The first-order valence-electron chi connectivity index (χ1n) is 7.39. The van der Waals surface area contributed by atoms with Crippen molar-refractivity contribution < 1.29 is 18.3 Å². The molecule has 0 radical (unpaired) electrons. The van der Waals surface area contributed by atoms with E-state index in [9.17, 15) is 18.3 Å². The number of nitrogens with one attached hydrogen (secondary N) is 1. The number of aromatic hydroxyl groups is 1. The Kier molecular flexibility index (Phi) is 4.49. The molecule has 1 saturated carbocycles. The number of hydrogen-bond acceptors (Lipinski definition) is 4. The first-order valence-corrected chi connectivity index (χ1v) is 8.83. The van der Waals surface area contributed by atoms with Crippen molar-refractivity contribution in [3.8, 4) is 5.75 Å². The molecule has 0 aliphatic heterocycles. The predicted octanol–water partition coefficient (Wildman–Crippen LogP) is 2.16. The molecule has 1 aromatic carbocycles. The Hall–Kier alpha value is -1.60. The molecule has 0 saturated heterocycles. The van der Waals surface area contributed by atoms with Crippen LogP contribution in [0.4, 0.5) is 5.69 Å². The number of amides is 1. The highest BCUT2D eigenvalue weighted by Crippen LogP contribution is 2.46. The summed E-state index contributed by atoms with van der Waals surface area (Å²) in [6.07, 6.45) is 1.61. The summed E-state index contributed by atoms with van der Waals surface area (Å²) in [6, 6.07) is 3.95. The third kappa shape index (κ3) is 3.10. The molecule has 1 aliphatic carbocycles. The van der Waals surface area contributed by atoms with Crippen molar-refractivity contribution in [2.45, 2.75) is 38.5 Å². The third-order valence-corrected chi connectivity index (χ3v) is 6.15. The molecule has 7 heteroatoms. The van der Waals surface area contributed by atoms with Crippen LogP contribution in [-0.4, -0.2) is 36.8 Å². The summed E-state index contributed by atoms with van der Waals surface area (Å²) < 4.78 is 26.3. The van der Waals surface area contributed by atoms with Crippen LogP contribution in [0.2, 0.25) is 0 Å². The maximum atomic E-state index is 12.5. The molecule has 0 aromatic heterocycles. The van der Waals surface area contributed by atoms with E-state index in [1.54, 1.807) is 13.8 Å². The summed E-state index contributed by atoms with van der Waals surface area (Å²) in [6.45, 7) is 6.09. The van der Waals surface area contributed by atoms with Crippen LogP contribution in [0.25, 0.3) is 0 Å². The van der Waals surface area contributed by atoms with E-state index in [-0.39, 0.29) is 22.2 Å². The largest absolute Gasteiger partial charge is 0.506 e. The second-order valence-corrected chi connectivity index (χ2v) is 7.72. The molecule has 0 bridgehead atoms.